The molecule has 20 heavy (non-hydrogen) atoms. The molecule has 1 aromatic carbocycles. The van der Waals surface area contributed by atoms with Crippen LogP contribution in [0.2, 0.25) is 0 Å². The molecule has 0 heterocycles. The molecule has 1 aromatic rings. The average Bonchev–Trinajstić information content (AvgIpc) is 2.44. The van der Waals surface area contributed by atoms with E-state index in [1.54, 1.807) is 11.9 Å². The summed E-state index contributed by atoms with van der Waals surface area (Å²) in [5.74, 6) is 0.0943. The lowest BCUT2D eigenvalue weighted by atomic mass is 10.1. The minimum Gasteiger partial charge on any atom is -0.345 e. The fourth-order valence-electron chi connectivity index (χ4n) is 1.98. The quantitative estimate of drug-likeness (QED) is 0.765. The zero-order valence-corrected chi connectivity index (χ0v) is 12.6. The summed E-state index contributed by atoms with van der Waals surface area (Å²) in [6, 6.07) is 10.3. The van der Waals surface area contributed by atoms with Crippen LogP contribution in [0.4, 0.5) is 0 Å². The molecule has 0 bridgehead atoms. The maximum Gasteiger partial charge on any atom is 0.223 e. The standard InChI is InChI=1S/C16H23N3O/c1-14-7-4-5-8-15(14)13-18(2)12-9-16(20)19(3)11-6-10-17/h4-5,7-8H,6,9,11-13H2,1-3H3. The molecule has 0 aliphatic heterocycles. The van der Waals surface area contributed by atoms with Gasteiger partial charge in [0.05, 0.1) is 12.5 Å². The van der Waals surface area contributed by atoms with Crippen LogP contribution in [0.5, 0.6) is 0 Å². The Hall–Kier alpha value is -1.86. The van der Waals surface area contributed by atoms with Gasteiger partial charge >= 0.3 is 0 Å². The summed E-state index contributed by atoms with van der Waals surface area (Å²) in [6.45, 7) is 4.19. The minimum atomic E-state index is 0.0943. The predicted octanol–water partition coefficient (Wildman–Crippen LogP) is 2.19. The molecule has 108 valence electrons. The second-order valence-electron chi connectivity index (χ2n) is 5.14. The Morgan fingerprint density at radius 2 is 1.95 bits per heavy atom. The SMILES string of the molecule is Cc1ccccc1CN(C)CCC(=O)N(C)CCC#N. The lowest BCUT2D eigenvalue weighted by Crippen LogP contribution is -2.31. The van der Waals surface area contributed by atoms with Crippen molar-refractivity contribution in [3.05, 3.63) is 35.4 Å². The average molecular weight is 273 g/mol. The van der Waals surface area contributed by atoms with Gasteiger partial charge in [-0.25, -0.2) is 0 Å². The van der Waals surface area contributed by atoms with E-state index < -0.39 is 0 Å². The molecule has 1 amide bonds. The molecular weight excluding hydrogens is 250 g/mol. The number of hydrogen-bond donors (Lipinski definition) is 0. The van der Waals surface area contributed by atoms with Crippen LogP contribution in [0.15, 0.2) is 24.3 Å². The zero-order valence-electron chi connectivity index (χ0n) is 12.6. The molecular formula is C16H23N3O. The summed E-state index contributed by atoms with van der Waals surface area (Å²) in [7, 11) is 3.77. The Balaban J connectivity index is 2.36. The number of benzene rings is 1. The Labute approximate surface area is 121 Å². The highest BCUT2D eigenvalue weighted by Crippen LogP contribution is 2.09. The van der Waals surface area contributed by atoms with Crippen molar-refractivity contribution in [2.24, 2.45) is 0 Å². The first kappa shape index (κ1) is 16.2. The Bertz CT molecular complexity index is 479. The molecule has 4 heteroatoms. The van der Waals surface area contributed by atoms with Crippen molar-refractivity contribution in [3.63, 3.8) is 0 Å². The predicted molar refractivity (Wildman–Crippen MR) is 80.0 cm³/mol. The van der Waals surface area contributed by atoms with Crippen molar-refractivity contribution in [1.29, 1.82) is 5.26 Å². The van der Waals surface area contributed by atoms with Crippen LogP contribution < -0.4 is 0 Å². The molecule has 0 aromatic heterocycles. The van der Waals surface area contributed by atoms with E-state index in [0.717, 1.165) is 13.1 Å². The van der Waals surface area contributed by atoms with Gasteiger partial charge in [0.2, 0.25) is 5.91 Å². The van der Waals surface area contributed by atoms with Gasteiger partial charge in [0.1, 0.15) is 0 Å². The monoisotopic (exact) mass is 273 g/mol. The lowest BCUT2D eigenvalue weighted by Gasteiger charge is -2.20. The summed E-state index contributed by atoms with van der Waals surface area (Å²) in [4.78, 5) is 15.6. The molecule has 4 nitrogen and oxygen atoms in total. The molecule has 0 fully saturated rings. The number of nitriles is 1. The summed E-state index contributed by atoms with van der Waals surface area (Å²) >= 11 is 0. The van der Waals surface area contributed by atoms with Crippen LogP contribution >= 0.6 is 0 Å². The molecule has 0 unspecified atom stereocenters. The highest BCUT2D eigenvalue weighted by Gasteiger charge is 2.10. The van der Waals surface area contributed by atoms with Crippen LogP contribution in [0.3, 0.4) is 0 Å². The van der Waals surface area contributed by atoms with Crippen molar-refractivity contribution in [1.82, 2.24) is 9.80 Å². The van der Waals surface area contributed by atoms with Crippen LogP contribution in [-0.2, 0) is 11.3 Å². The number of amides is 1. The molecule has 0 aliphatic rings. The molecule has 0 saturated heterocycles. The second kappa shape index (κ2) is 8.34. The van der Waals surface area contributed by atoms with E-state index in [2.05, 4.69) is 30.0 Å². The molecule has 0 spiro atoms. The van der Waals surface area contributed by atoms with Crippen molar-refractivity contribution in [2.45, 2.75) is 26.3 Å². The molecule has 1 rings (SSSR count). The summed E-state index contributed by atoms with van der Waals surface area (Å²) in [6.07, 6.45) is 0.881. The zero-order chi connectivity index (χ0) is 15.0. The molecule has 0 atom stereocenters. The number of rotatable bonds is 7. The fraction of sp³-hybridized carbons (Fsp3) is 0.500. The van der Waals surface area contributed by atoms with Crippen LogP contribution in [-0.4, -0.2) is 42.9 Å². The Kier molecular flexibility index (Phi) is 6.75. The first-order valence-corrected chi connectivity index (χ1v) is 6.88. The van der Waals surface area contributed by atoms with Gasteiger partial charge in [-0.05, 0) is 25.1 Å². The number of carbonyl (C=O) groups is 1. The van der Waals surface area contributed by atoms with E-state index in [-0.39, 0.29) is 5.91 Å². The fourth-order valence-corrected chi connectivity index (χ4v) is 1.98. The van der Waals surface area contributed by atoms with Crippen molar-refractivity contribution >= 4 is 5.91 Å². The van der Waals surface area contributed by atoms with Crippen LogP contribution in [0.1, 0.15) is 24.0 Å². The van der Waals surface area contributed by atoms with Crippen molar-refractivity contribution < 1.29 is 4.79 Å². The molecule has 0 aliphatic carbocycles. The van der Waals surface area contributed by atoms with Gasteiger partial charge in [-0.2, -0.15) is 5.26 Å². The third kappa shape index (κ3) is 5.41. The Morgan fingerprint density at radius 3 is 2.60 bits per heavy atom. The van der Waals surface area contributed by atoms with E-state index in [1.807, 2.05) is 19.2 Å². The van der Waals surface area contributed by atoms with Crippen molar-refractivity contribution in [3.8, 4) is 6.07 Å². The summed E-state index contributed by atoms with van der Waals surface area (Å²) < 4.78 is 0. The third-order valence-corrected chi connectivity index (χ3v) is 3.39. The maximum atomic E-state index is 11.9. The number of nitrogens with zero attached hydrogens (tertiary/aromatic N) is 3. The molecule has 0 N–H and O–H groups in total. The first-order chi connectivity index (χ1) is 9.54. The van der Waals surface area contributed by atoms with Gasteiger partial charge < -0.3 is 9.80 Å². The van der Waals surface area contributed by atoms with E-state index in [4.69, 9.17) is 5.26 Å². The van der Waals surface area contributed by atoms with Gasteiger partial charge in [0.25, 0.3) is 0 Å². The highest BCUT2D eigenvalue weighted by atomic mass is 16.2. The maximum absolute atomic E-state index is 11.9. The highest BCUT2D eigenvalue weighted by molar-refractivity contribution is 5.76. The van der Waals surface area contributed by atoms with E-state index >= 15 is 0 Å². The minimum absolute atomic E-state index is 0.0943. The van der Waals surface area contributed by atoms with Crippen LogP contribution in [0, 0.1) is 18.3 Å². The van der Waals surface area contributed by atoms with Gasteiger partial charge in [-0.15, -0.1) is 0 Å². The van der Waals surface area contributed by atoms with E-state index in [0.29, 0.717) is 19.4 Å². The topological polar surface area (TPSA) is 47.3 Å². The number of carbonyl (C=O) groups excluding carboxylic acids is 1. The second-order valence-corrected chi connectivity index (χ2v) is 5.14. The normalized spacial score (nSPS) is 10.3. The Morgan fingerprint density at radius 1 is 1.25 bits per heavy atom. The van der Waals surface area contributed by atoms with Gasteiger partial charge in [-0.3, -0.25) is 4.79 Å². The smallest absolute Gasteiger partial charge is 0.223 e. The number of hydrogen-bond acceptors (Lipinski definition) is 3. The van der Waals surface area contributed by atoms with E-state index in [9.17, 15) is 4.79 Å². The van der Waals surface area contributed by atoms with Gasteiger partial charge in [0.15, 0.2) is 0 Å². The van der Waals surface area contributed by atoms with Crippen LogP contribution in [0.25, 0.3) is 0 Å². The van der Waals surface area contributed by atoms with Gasteiger partial charge in [-0.1, -0.05) is 24.3 Å². The van der Waals surface area contributed by atoms with Crippen molar-refractivity contribution in [2.75, 3.05) is 27.2 Å². The first-order valence-electron chi connectivity index (χ1n) is 6.88. The third-order valence-electron chi connectivity index (χ3n) is 3.39. The summed E-state index contributed by atoms with van der Waals surface area (Å²) in [5, 5.41) is 8.51. The van der Waals surface area contributed by atoms with Gasteiger partial charge in [0, 0.05) is 33.1 Å². The van der Waals surface area contributed by atoms with E-state index in [1.165, 1.54) is 11.1 Å². The molecule has 0 radical (unpaired) electrons. The molecule has 0 saturated carbocycles. The largest absolute Gasteiger partial charge is 0.345 e. The number of aryl methyl sites for hydroxylation is 1. The summed E-state index contributed by atoms with van der Waals surface area (Å²) in [5.41, 5.74) is 2.57. The lowest BCUT2D eigenvalue weighted by molar-refractivity contribution is -0.130.